The van der Waals surface area contributed by atoms with Gasteiger partial charge in [-0.3, -0.25) is 9.59 Å². The van der Waals surface area contributed by atoms with Crippen LogP contribution in [0.3, 0.4) is 0 Å². The van der Waals surface area contributed by atoms with Gasteiger partial charge < -0.3 is 0 Å². The Labute approximate surface area is 162 Å². The topological polar surface area (TPSA) is 64.8 Å². The van der Waals surface area contributed by atoms with Gasteiger partial charge in [-0.05, 0) is 18.6 Å². The molecule has 0 atom stereocenters. The molecule has 0 fully saturated rings. The van der Waals surface area contributed by atoms with E-state index in [4.69, 9.17) is 0 Å². The molecule has 1 aromatic heterocycles. The van der Waals surface area contributed by atoms with Crippen molar-refractivity contribution in [1.82, 2.24) is 15.0 Å². The quantitative estimate of drug-likeness (QED) is 0.362. The van der Waals surface area contributed by atoms with E-state index in [2.05, 4.69) is 10.3 Å². The summed E-state index contributed by atoms with van der Waals surface area (Å²) < 4.78 is 1.75. The molecule has 138 valence electrons. The minimum absolute atomic E-state index is 0.168. The maximum atomic E-state index is 13.1. The van der Waals surface area contributed by atoms with Crippen molar-refractivity contribution >= 4 is 22.6 Å². The number of fused-ring (bicyclic) bond motifs is 1. The van der Waals surface area contributed by atoms with Crippen molar-refractivity contribution in [3.8, 4) is 0 Å². The third-order valence-corrected chi connectivity index (χ3v) is 4.80. The van der Waals surface area contributed by atoms with E-state index in [0.717, 1.165) is 11.0 Å². The van der Waals surface area contributed by atoms with Crippen LogP contribution in [-0.2, 0) is 6.54 Å². The molecule has 4 aromatic rings. The van der Waals surface area contributed by atoms with Crippen LogP contribution < -0.4 is 0 Å². The van der Waals surface area contributed by atoms with Crippen molar-refractivity contribution in [2.75, 3.05) is 0 Å². The third-order valence-electron chi connectivity index (χ3n) is 4.80. The molecule has 0 unspecified atom stereocenters. The Bertz CT molecular complexity index is 1050. The van der Waals surface area contributed by atoms with Gasteiger partial charge in [0.25, 0.3) is 0 Å². The Hall–Kier alpha value is -3.60. The number of hydrogen-bond acceptors (Lipinski definition) is 4. The molecule has 5 nitrogen and oxygen atoms in total. The van der Waals surface area contributed by atoms with E-state index in [1.165, 1.54) is 0 Å². The van der Waals surface area contributed by atoms with Gasteiger partial charge in [-0.2, -0.15) is 0 Å². The Morgan fingerprint density at radius 3 is 1.89 bits per heavy atom. The average molecular weight is 369 g/mol. The summed E-state index contributed by atoms with van der Waals surface area (Å²) in [5.41, 5.74) is 2.77. The number of benzene rings is 3. The van der Waals surface area contributed by atoms with Crippen molar-refractivity contribution in [2.24, 2.45) is 5.92 Å². The van der Waals surface area contributed by atoms with E-state index < -0.39 is 5.92 Å². The van der Waals surface area contributed by atoms with Crippen molar-refractivity contribution < 1.29 is 9.59 Å². The summed E-state index contributed by atoms with van der Waals surface area (Å²) in [5.74, 6) is -1.11. The smallest absolute Gasteiger partial charge is 0.173 e. The van der Waals surface area contributed by atoms with E-state index in [0.29, 0.717) is 24.1 Å². The molecule has 5 heteroatoms. The maximum Gasteiger partial charge on any atom is 0.173 e. The first-order chi connectivity index (χ1) is 13.7. The van der Waals surface area contributed by atoms with E-state index >= 15 is 0 Å². The van der Waals surface area contributed by atoms with Gasteiger partial charge >= 0.3 is 0 Å². The lowest BCUT2D eigenvalue weighted by atomic mass is 9.87. The number of Topliss-reactive ketones (excluding diaryl/α,β-unsaturated/α-hetero) is 2. The number of nitrogens with zero attached hydrogens (tertiary/aromatic N) is 3. The minimum atomic E-state index is -0.771. The zero-order chi connectivity index (χ0) is 19.3. The Kier molecular flexibility index (Phi) is 5.06. The van der Waals surface area contributed by atoms with Crippen LogP contribution in [0.25, 0.3) is 11.0 Å². The summed E-state index contributed by atoms with van der Waals surface area (Å²) in [7, 11) is 0. The molecular formula is C23H19N3O2. The highest BCUT2D eigenvalue weighted by Gasteiger charge is 2.28. The standard InChI is InChI=1S/C23H19N3O2/c27-22(17-9-3-1-4-10-17)19(23(28)18-11-5-2-6-12-18)15-16-26-21-14-8-7-13-20(21)24-25-26/h1-14,19H,15-16H2. The Balaban J connectivity index is 1.63. The first-order valence-electron chi connectivity index (χ1n) is 9.21. The molecule has 0 spiro atoms. The van der Waals surface area contributed by atoms with Gasteiger partial charge in [0.05, 0.1) is 11.4 Å². The molecule has 4 rings (SSSR count). The normalized spacial score (nSPS) is 11.0. The molecule has 0 aliphatic carbocycles. The number of hydrogen-bond donors (Lipinski definition) is 0. The van der Waals surface area contributed by atoms with Crippen LogP contribution in [0.2, 0.25) is 0 Å². The van der Waals surface area contributed by atoms with E-state index in [1.807, 2.05) is 60.7 Å². The largest absolute Gasteiger partial charge is 0.293 e. The van der Waals surface area contributed by atoms with Gasteiger partial charge in [-0.1, -0.05) is 78.0 Å². The molecule has 0 N–H and O–H groups in total. The monoisotopic (exact) mass is 369 g/mol. The summed E-state index contributed by atoms with van der Waals surface area (Å²) in [6.07, 6.45) is 0.356. The van der Waals surface area contributed by atoms with Gasteiger partial charge in [0.15, 0.2) is 11.6 Å². The van der Waals surface area contributed by atoms with Crippen molar-refractivity contribution in [3.63, 3.8) is 0 Å². The molecule has 0 amide bonds. The summed E-state index contributed by atoms with van der Waals surface area (Å²) in [6.45, 7) is 0.433. The minimum Gasteiger partial charge on any atom is -0.293 e. The van der Waals surface area contributed by atoms with E-state index in [-0.39, 0.29) is 11.6 Å². The second kappa shape index (κ2) is 7.96. The van der Waals surface area contributed by atoms with Gasteiger partial charge in [0, 0.05) is 17.7 Å². The number of ketones is 2. The number of carbonyl (C=O) groups excluding carboxylic acids is 2. The summed E-state index contributed by atoms with van der Waals surface area (Å²) in [5, 5.41) is 8.32. The lowest BCUT2D eigenvalue weighted by Crippen LogP contribution is -2.26. The van der Waals surface area contributed by atoms with Crippen LogP contribution in [-0.4, -0.2) is 26.6 Å². The molecule has 0 aliphatic heterocycles. The van der Waals surface area contributed by atoms with Crippen LogP contribution >= 0.6 is 0 Å². The van der Waals surface area contributed by atoms with Gasteiger partial charge in [0.1, 0.15) is 5.52 Å². The predicted octanol–water partition coefficient (Wildman–Crippen LogP) is 4.20. The van der Waals surface area contributed by atoms with Crippen LogP contribution in [0.4, 0.5) is 0 Å². The van der Waals surface area contributed by atoms with Crippen molar-refractivity contribution in [3.05, 3.63) is 96.1 Å². The molecule has 0 saturated carbocycles. The lowest BCUT2D eigenvalue weighted by molar-refractivity contribution is 0.0795. The molecule has 1 heterocycles. The van der Waals surface area contributed by atoms with Gasteiger partial charge in [-0.15, -0.1) is 5.10 Å². The van der Waals surface area contributed by atoms with E-state index in [9.17, 15) is 9.59 Å². The second-order valence-electron chi connectivity index (χ2n) is 6.60. The lowest BCUT2D eigenvalue weighted by Gasteiger charge is -2.15. The zero-order valence-corrected chi connectivity index (χ0v) is 15.2. The van der Waals surface area contributed by atoms with Crippen LogP contribution in [0.5, 0.6) is 0 Å². The molecular weight excluding hydrogens is 350 g/mol. The highest BCUT2D eigenvalue weighted by molar-refractivity contribution is 6.16. The number of rotatable bonds is 7. The highest BCUT2D eigenvalue weighted by Crippen LogP contribution is 2.20. The third kappa shape index (κ3) is 3.60. The van der Waals surface area contributed by atoms with Crippen molar-refractivity contribution in [2.45, 2.75) is 13.0 Å². The zero-order valence-electron chi connectivity index (χ0n) is 15.2. The maximum absolute atomic E-state index is 13.1. The first-order valence-corrected chi connectivity index (χ1v) is 9.21. The number of carbonyl (C=O) groups is 2. The SMILES string of the molecule is O=C(c1ccccc1)C(CCn1nnc2ccccc21)C(=O)c1ccccc1. The summed E-state index contributed by atoms with van der Waals surface area (Å²) in [6, 6.07) is 25.6. The average Bonchev–Trinajstić information content (AvgIpc) is 3.18. The van der Waals surface area contributed by atoms with E-state index in [1.54, 1.807) is 28.9 Å². The molecule has 0 saturated heterocycles. The molecule has 0 radical (unpaired) electrons. The van der Waals surface area contributed by atoms with Gasteiger partial charge in [-0.25, -0.2) is 4.68 Å². The fourth-order valence-corrected chi connectivity index (χ4v) is 3.32. The van der Waals surface area contributed by atoms with Crippen molar-refractivity contribution in [1.29, 1.82) is 0 Å². The molecule has 0 aliphatic rings. The highest BCUT2D eigenvalue weighted by atomic mass is 16.2. The Morgan fingerprint density at radius 1 is 0.750 bits per heavy atom. The number of aromatic nitrogens is 3. The van der Waals surface area contributed by atoms with Crippen LogP contribution in [0.1, 0.15) is 27.1 Å². The number of aryl methyl sites for hydroxylation is 1. The summed E-state index contributed by atoms with van der Waals surface area (Å²) in [4.78, 5) is 26.2. The molecule has 3 aromatic carbocycles. The second-order valence-corrected chi connectivity index (χ2v) is 6.60. The molecule has 28 heavy (non-hydrogen) atoms. The summed E-state index contributed by atoms with van der Waals surface area (Å²) >= 11 is 0. The predicted molar refractivity (Wildman–Crippen MR) is 107 cm³/mol. The fraction of sp³-hybridized carbons (Fsp3) is 0.130. The Morgan fingerprint density at radius 2 is 1.29 bits per heavy atom. The van der Waals surface area contributed by atoms with Gasteiger partial charge in [0.2, 0.25) is 0 Å². The molecule has 0 bridgehead atoms. The van der Waals surface area contributed by atoms with Crippen LogP contribution in [0.15, 0.2) is 84.9 Å². The number of para-hydroxylation sites is 1. The fourth-order valence-electron chi connectivity index (χ4n) is 3.32. The first kappa shape index (κ1) is 17.8. The van der Waals surface area contributed by atoms with Crippen LogP contribution in [0, 0.1) is 5.92 Å².